The molecule has 0 saturated heterocycles. The number of aromatic nitrogens is 2. The Labute approximate surface area is 97.0 Å². The number of rotatable bonds is 4. The predicted molar refractivity (Wildman–Crippen MR) is 54.7 cm³/mol. The van der Waals surface area contributed by atoms with Gasteiger partial charge < -0.3 is 9.84 Å². The van der Waals surface area contributed by atoms with Crippen LogP contribution in [0.5, 0.6) is 5.88 Å². The summed E-state index contributed by atoms with van der Waals surface area (Å²) in [4.78, 5) is 0. The quantitative estimate of drug-likeness (QED) is 0.892. The van der Waals surface area contributed by atoms with E-state index in [0.29, 0.717) is 11.3 Å². The summed E-state index contributed by atoms with van der Waals surface area (Å²) in [7, 11) is 2.99. The van der Waals surface area contributed by atoms with Gasteiger partial charge in [0.1, 0.15) is 0 Å². The molecule has 4 nitrogen and oxygen atoms in total. The normalized spacial score (nSPS) is 13.8. The lowest BCUT2D eigenvalue weighted by Crippen LogP contribution is -2.11. The van der Waals surface area contributed by atoms with E-state index in [-0.39, 0.29) is 5.88 Å². The number of hydrogen-bond acceptors (Lipinski definition) is 3. The number of methoxy groups -OCH3 is 1. The summed E-state index contributed by atoms with van der Waals surface area (Å²) in [6, 6.07) is 0. The highest BCUT2D eigenvalue weighted by atomic mass is 19.4. The van der Waals surface area contributed by atoms with Gasteiger partial charge in [-0.3, -0.25) is 0 Å². The van der Waals surface area contributed by atoms with Crippen molar-refractivity contribution in [2.75, 3.05) is 7.11 Å². The van der Waals surface area contributed by atoms with Gasteiger partial charge in [-0.05, 0) is 13.3 Å². The van der Waals surface area contributed by atoms with Crippen molar-refractivity contribution in [3.05, 3.63) is 11.3 Å². The lowest BCUT2D eigenvalue weighted by atomic mass is 10.1. The fraction of sp³-hybridized carbons (Fsp3) is 0.700. The van der Waals surface area contributed by atoms with Crippen molar-refractivity contribution in [3.63, 3.8) is 0 Å². The van der Waals surface area contributed by atoms with Crippen molar-refractivity contribution in [2.24, 2.45) is 7.05 Å². The fourth-order valence-electron chi connectivity index (χ4n) is 1.72. The van der Waals surface area contributed by atoms with Crippen LogP contribution in [0.25, 0.3) is 0 Å². The molecule has 0 aliphatic rings. The monoisotopic (exact) mass is 252 g/mol. The molecule has 0 bridgehead atoms. The fourth-order valence-corrected chi connectivity index (χ4v) is 1.72. The Bertz CT molecular complexity index is 388. The molecule has 0 aliphatic heterocycles. The van der Waals surface area contributed by atoms with Crippen molar-refractivity contribution < 1.29 is 23.0 Å². The number of alkyl halides is 3. The van der Waals surface area contributed by atoms with E-state index in [1.54, 1.807) is 14.0 Å². The Hall–Kier alpha value is -1.24. The van der Waals surface area contributed by atoms with E-state index in [4.69, 9.17) is 4.74 Å². The van der Waals surface area contributed by atoms with Crippen LogP contribution in [-0.2, 0) is 7.05 Å². The van der Waals surface area contributed by atoms with Gasteiger partial charge in [-0.15, -0.1) is 0 Å². The van der Waals surface area contributed by atoms with E-state index in [1.165, 1.54) is 11.8 Å². The second-order valence-electron chi connectivity index (χ2n) is 3.80. The molecule has 0 aromatic carbocycles. The first-order valence-electron chi connectivity index (χ1n) is 5.08. The first-order valence-corrected chi connectivity index (χ1v) is 5.08. The van der Waals surface area contributed by atoms with Crippen LogP contribution >= 0.6 is 0 Å². The van der Waals surface area contributed by atoms with Crippen LogP contribution in [0.3, 0.4) is 0 Å². The standard InChI is InChI=1S/C10H15F3N2O2/c1-6-8(9(17-3)15(2)14-6)7(16)4-5-10(11,12)13/h7,16H,4-5H2,1-3H3. The SMILES string of the molecule is COc1c(C(O)CCC(F)(F)F)c(C)nn1C. The second kappa shape index (κ2) is 4.95. The first kappa shape index (κ1) is 13.8. The van der Waals surface area contributed by atoms with Crippen LogP contribution < -0.4 is 4.74 Å². The third-order valence-electron chi connectivity index (χ3n) is 2.44. The molecular weight excluding hydrogens is 237 g/mol. The van der Waals surface area contributed by atoms with Crippen molar-refractivity contribution >= 4 is 0 Å². The van der Waals surface area contributed by atoms with Crippen LogP contribution in [0.4, 0.5) is 13.2 Å². The third kappa shape index (κ3) is 3.36. The van der Waals surface area contributed by atoms with Gasteiger partial charge in [0, 0.05) is 13.5 Å². The molecule has 0 spiro atoms. The molecule has 0 fully saturated rings. The molecule has 7 heteroatoms. The van der Waals surface area contributed by atoms with Gasteiger partial charge in [0.2, 0.25) is 5.88 Å². The Morgan fingerprint density at radius 3 is 2.53 bits per heavy atom. The van der Waals surface area contributed by atoms with Gasteiger partial charge in [0.25, 0.3) is 0 Å². The summed E-state index contributed by atoms with van der Waals surface area (Å²) < 4.78 is 42.6. The molecule has 0 saturated carbocycles. The highest BCUT2D eigenvalue weighted by Gasteiger charge is 2.30. The van der Waals surface area contributed by atoms with Crippen LogP contribution in [0, 0.1) is 6.92 Å². The minimum absolute atomic E-state index is 0.289. The molecule has 1 atom stereocenters. The molecule has 0 aliphatic carbocycles. The van der Waals surface area contributed by atoms with Crippen molar-refractivity contribution in [2.45, 2.75) is 32.0 Å². The molecule has 98 valence electrons. The molecular formula is C10H15F3N2O2. The molecule has 1 aromatic heterocycles. The highest BCUT2D eigenvalue weighted by Crippen LogP contribution is 2.33. The van der Waals surface area contributed by atoms with E-state index < -0.39 is 25.1 Å². The summed E-state index contributed by atoms with van der Waals surface area (Å²) in [6.07, 6.45) is -6.93. The van der Waals surface area contributed by atoms with Crippen molar-refractivity contribution in [1.82, 2.24) is 9.78 Å². The zero-order chi connectivity index (χ0) is 13.2. The van der Waals surface area contributed by atoms with Gasteiger partial charge in [-0.1, -0.05) is 0 Å². The van der Waals surface area contributed by atoms with Gasteiger partial charge in [-0.25, -0.2) is 4.68 Å². The highest BCUT2D eigenvalue weighted by molar-refractivity contribution is 5.33. The average Bonchev–Trinajstić information content (AvgIpc) is 2.48. The molecule has 1 unspecified atom stereocenters. The Kier molecular flexibility index (Phi) is 4.03. The van der Waals surface area contributed by atoms with Crippen LogP contribution in [0.2, 0.25) is 0 Å². The van der Waals surface area contributed by atoms with Crippen LogP contribution in [0.1, 0.15) is 30.2 Å². The summed E-state index contributed by atoms with van der Waals surface area (Å²) in [5.41, 5.74) is 0.790. The summed E-state index contributed by atoms with van der Waals surface area (Å²) in [6.45, 7) is 1.62. The molecule has 0 amide bonds. The summed E-state index contributed by atoms with van der Waals surface area (Å²) in [5, 5.41) is 13.8. The molecule has 1 aromatic rings. The topological polar surface area (TPSA) is 47.3 Å². The number of aryl methyl sites for hydroxylation is 2. The smallest absolute Gasteiger partial charge is 0.389 e. The van der Waals surface area contributed by atoms with Crippen molar-refractivity contribution in [1.29, 1.82) is 0 Å². The molecule has 1 heterocycles. The minimum Gasteiger partial charge on any atom is -0.481 e. The van der Waals surface area contributed by atoms with Crippen LogP contribution in [-0.4, -0.2) is 28.2 Å². The summed E-state index contributed by atoms with van der Waals surface area (Å²) in [5.74, 6) is 0.289. The van der Waals surface area contributed by atoms with E-state index >= 15 is 0 Å². The number of halogens is 3. The number of nitrogens with zero attached hydrogens (tertiary/aromatic N) is 2. The van der Waals surface area contributed by atoms with E-state index in [1.807, 2.05) is 0 Å². The van der Waals surface area contributed by atoms with Gasteiger partial charge >= 0.3 is 6.18 Å². The number of ether oxygens (including phenoxy) is 1. The van der Waals surface area contributed by atoms with Gasteiger partial charge in [0.15, 0.2) is 0 Å². The maximum atomic E-state index is 12.1. The zero-order valence-electron chi connectivity index (χ0n) is 9.88. The average molecular weight is 252 g/mol. The molecule has 1 N–H and O–H groups in total. The Balaban J connectivity index is 2.85. The Morgan fingerprint density at radius 1 is 1.47 bits per heavy atom. The maximum Gasteiger partial charge on any atom is 0.389 e. The lowest BCUT2D eigenvalue weighted by molar-refractivity contribution is -0.140. The second-order valence-corrected chi connectivity index (χ2v) is 3.80. The van der Waals surface area contributed by atoms with Gasteiger partial charge in [-0.2, -0.15) is 18.3 Å². The van der Waals surface area contributed by atoms with Crippen molar-refractivity contribution in [3.8, 4) is 5.88 Å². The first-order chi connectivity index (χ1) is 7.76. The largest absolute Gasteiger partial charge is 0.481 e. The Morgan fingerprint density at radius 2 is 2.06 bits per heavy atom. The zero-order valence-corrected chi connectivity index (χ0v) is 9.88. The number of hydrogen-bond donors (Lipinski definition) is 1. The lowest BCUT2D eigenvalue weighted by Gasteiger charge is -2.13. The third-order valence-corrected chi connectivity index (χ3v) is 2.44. The van der Waals surface area contributed by atoms with E-state index in [9.17, 15) is 18.3 Å². The van der Waals surface area contributed by atoms with E-state index in [2.05, 4.69) is 5.10 Å². The predicted octanol–water partition coefficient (Wildman–Crippen LogP) is 2.11. The van der Waals surface area contributed by atoms with E-state index in [0.717, 1.165) is 0 Å². The summed E-state index contributed by atoms with van der Waals surface area (Å²) >= 11 is 0. The molecule has 1 rings (SSSR count). The molecule has 17 heavy (non-hydrogen) atoms. The number of aliphatic hydroxyl groups excluding tert-OH is 1. The minimum atomic E-state index is -4.27. The number of aliphatic hydroxyl groups is 1. The molecule has 0 radical (unpaired) electrons. The van der Waals surface area contributed by atoms with Gasteiger partial charge in [0.05, 0.1) is 24.5 Å². The van der Waals surface area contributed by atoms with Crippen LogP contribution in [0.15, 0.2) is 0 Å². The maximum absolute atomic E-state index is 12.1.